The van der Waals surface area contributed by atoms with Crippen LogP contribution in [0.5, 0.6) is 0 Å². The Bertz CT molecular complexity index is 896. The molecule has 0 fully saturated rings. The van der Waals surface area contributed by atoms with Crippen LogP contribution in [0.1, 0.15) is 40.9 Å². The van der Waals surface area contributed by atoms with E-state index in [0.29, 0.717) is 12.2 Å². The van der Waals surface area contributed by atoms with Gasteiger partial charge in [-0.15, -0.1) is 0 Å². The van der Waals surface area contributed by atoms with Gasteiger partial charge in [-0.3, -0.25) is 9.48 Å². The highest BCUT2D eigenvalue weighted by atomic mass is 16.2. The van der Waals surface area contributed by atoms with E-state index in [1.807, 2.05) is 48.8 Å². The molecular formula is C21H27N5O. The summed E-state index contributed by atoms with van der Waals surface area (Å²) in [6.45, 7) is 4.48. The number of carbonyl (C=O) groups is 1. The monoisotopic (exact) mass is 365 g/mol. The number of benzene rings is 1. The van der Waals surface area contributed by atoms with Crippen molar-refractivity contribution >= 4 is 5.91 Å². The Hall–Kier alpha value is -2.89. The summed E-state index contributed by atoms with van der Waals surface area (Å²) in [4.78, 5) is 19.6. The van der Waals surface area contributed by atoms with Gasteiger partial charge in [0.2, 0.25) is 0 Å². The summed E-state index contributed by atoms with van der Waals surface area (Å²) in [6, 6.07) is 12.3. The first-order valence-electron chi connectivity index (χ1n) is 9.27. The second-order valence-corrected chi connectivity index (χ2v) is 7.06. The van der Waals surface area contributed by atoms with Gasteiger partial charge in [-0.05, 0) is 38.3 Å². The maximum absolute atomic E-state index is 13.3. The molecule has 1 atom stereocenters. The Kier molecular flexibility index (Phi) is 5.74. The Morgan fingerprint density at radius 1 is 1.22 bits per heavy atom. The molecule has 142 valence electrons. The highest BCUT2D eigenvalue weighted by molar-refractivity contribution is 5.92. The lowest BCUT2D eigenvalue weighted by atomic mass is 10.0. The van der Waals surface area contributed by atoms with E-state index in [-0.39, 0.29) is 11.9 Å². The SMILES string of the molecule is Cc1cc(C(=O)N(Cc2nccn2C)[C@@H](C)CCc2ccccc2)n(C)n1. The number of amides is 1. The van der Waals surface area contributed by atoms with Crippen LogP contribution in [0.25, 0.3) is 0 Å². The molecule has 2 heterocycles. The average molecular weight is 365 g/mol. The van der Waals surface area contributed by atoms with E-state index in [1.54, 1.807) is 10.9 Å². The van der Waals surface area contributed by atoms with Crippen LogP contribution in [0.4, 0.5) is 0 Å². The number of hydrogen-bond acceptors (Lipinski definition) is 3. The van der Waals surface area contributed by atoms with Crippen LogP contribution in [-0.4, -0.2) is 36.2 Å². The molecule has 6 heteroatoms. The average Bonchev–Trinajstić information content (AvgIpc) is 3.22. The molecule has 0 N–H and O–H groups in total. The smallest absolute Gasteiger partial charge is 0.272 e. The number of aryl methyl sites for hydroxylation is 4. The predicted molar refractivity (Wildman–Crippen MR) is 105 cm³/mol. The zero-order valence-corrected chi connectivity index (χ0v) is 16.5. The largest absolute Gasteiger partial charge is 0.337 e. The van der Waals surface area contributed by atoms with Crippen LogP contribution in [0.3, 0.4) is 0 Å². The zero-order chi connectivity index (χ0) is 19.4. The van der Waals surface area contributed by atoms with E-state index in [4.69, 9.17) is 0 Å². The maximum atomic E-state index is 13.3. The van der Waals surface area contributed by atoms with E-state index < -0.39 is 0 Å². The van der Waals surface area contributed by atoms with Crippen molar-refractivity contribution in [3.8, 4) is 0 Å². The molecule has 3 rings (SSSR count). The third kappa shape index (κ3) is 4.45. The molecule has 0 aliphatic rings. The molecule has 0 unspecified atom stereocenters. The fourth-order valence-electron chi connectivity index (χ4n) is 3.26. The minimum Gasteiger partial charge on any atom is -0.337 e. The minimum absolute atomic E-state index is 0.0124. The zero-order valence-electron chi connectivity index (χ0n) is 16.5. The van der Waals surface area contributed by atoms with Crippen molar-refractivity contribution < 1.29 is 4.79 Å². The van der Waals surface area contributed by atoms with Gasteiger partial charge in [0.05, 0.1) is 12.2 Å². The molecule has 0 saturated carbocycles. The van der Waals surface area contributed by atoms with Gasteiger partial charge in [-0.2, -0.15) is 5.10 Å². The fraction of sp³-hybridized carbons (Fsp3) is 0.381. The van der Waals surface area contributed by atoms with Crippen molar-refractivity contribution in [2.45, 2.75) is 39.3 Å². The van der Waals surface area contributed by atoms with Crippen molar-refractivity contribution in [2.75, 3.05) is 0 Å². The number of imidazole rings is 1. The molecule has 0 spiro atoms. The van der Waals surface area contributed by atoms with Crippen molar-refractivity contribution in [3.05, 3.63) is 71.6 Å². The summed E-state index contributed by atoms with van der Waals surface area (Å²) in [5.74, 6) is 0.857. The van der Waals surface area contributed by atoms with Crippen LogP contribution in [0.2, 0.25) is 0 Å². The lowest BCUT2D eigenvalue weighted by molar-refractivity contribution is 0.0648. The molecule has 6 nitrogen and oxygen atoms in total. The highest BCUT2D eigenvalue weighted by Gasteiger charge is 2.25. The Balaban J connectivity index is 1.81. The summed E-state index contributed by atoms with van der Waals surface area (Å²) in [5.41, 5.74) is 2.73. The summed E-state index contributed by atoms with van der Waals surface area (Å²) in [7, 11) is 3.77. The van der Waals surface area contributed by atoms with E-state index in [0.717, 1.165) is 24.4 Å². The quantitative estimate of drug-likeness (QED) is 0.646. The van der Waals surface area contributed by atoms with Crippen molar-refractivity contribution in [3.63, 3.8) is 0 Å². The van der Waals surface area contributed by atoms with Gasteiger partial charge >= 0.3 is 0 Å². The van der Waals surface area contributed by atoms with Crippen molar-refractivity contribution in [1.82, 2.24) is 24.2 Å². The van der Waals surface area contributed by atoms with Crippen LogP contribution in [0.15, 0.2) is 48.8 Å². The Morgan fingerprint density at radius 2 is 1.96 bits per heavy atom. The molecule has 27 heavy (non-hydrogen) atoms. The molecule has 0 aliphatic carbocycles. The van der Waals surface area contributed by atoms with Gasteiger partial charge in [-0.1, -0.05) is 30.3 Å². The van der Waals surface area contributed by atoms with Crippen LogP contribution in [0, 0.1) is 6.92 Å². The van der Waals surface area contributed by atoms with Crippen LogP contribution >= 0.6 is 0 Å². The van der Waals surface area contributed by atoms with Gasteiger partial charge in [0, 0.05) is 32.5 Å². The second kappa shape index (κ2) is 8.20. The molecular weight excluding hydrogens is 338 g/mol. The summed E-state index contributed by atoms with van der Waals surface area (Å²) in [6.07, 6.45) is 5.48. The molecule has 3 aromatic rings. The first kappa shape index (κ1) is 18.9. The number of rotatable bonds is 7. The van der Waals surface area contributed by atoms with Gasteiger partial charge in [-0.25, -0.2) is 4.98 Å². The Labute approximate surface area is 160 Å². The summed E-state index contributed by atoms with van der Waals surface area (Å²) >= 11 is 0. The first-order valence-corrected chi connectivity index (χ1v) is 9.27. The van der Waals surface area contributed by atoms with E-state index in [9.17, 15) is 4.79 Å². The number of aromatic nitrogens is 4. The lowest BCUT2D eigenvalue weighted by Gasteiger charge is -2.29. The normalized spacial score (nSPS) is 12.1. The van der Waals surface area contributed by atoms with Crippen molar-refractivity contribution in [2.24, 2.45) is 14.1 Å². The van der Waals surface area contributed by atoms with Gasteiger partial charge in [0.1, 0.15) is 11.5 Å². The fourth-order valence-corrected chi connectivity index (χ4v) is 3.26. The number of carbonyl (C=O) groups excluding carboxylic acids is 1. The number of nitrogens with zero attached hydrogens (tertiary/aromatic N) is 5. The molecule has 0 bridgehead atoms. The standard InChI is InChI=1S/C21H27N5O/c1-16-14-19(25(4)23-16)21(27)26(15-20-22-12-13-24(20)3)17(2)10-11-18-8-6-5-7-9-18/h5-9,12-14,17H,10-11,15H2,1-4H3/t17-/m0/s1. The molecule has 0 aliphatic heterocycles. The third-order valence-corrected chi connectivity index (χ3v) is 4.94. The summed E-state index contributed by atoms with van der Waals surface area (Å²) in [5, 5.41) is 4.33. The third-order valence-electron chi connectivity index (χ3n) is 4.94. The highest BCUT2D eigenvalue weighted by Crippen LogP contribution is 2.17. The van der Waals surface area contributed by atoms with Crippen LogP contribution in [-0.2, 0) is 27.1 Å². The van der Waals surface area contributed by atoms with Gasteiger partial charge in [0.15, 0.2) is 0 Å². The van der Waals surface area contributed by atoms with Crippen LogP contribution < -0.4 is 0 Å². The molecule has 2 aromatic heterocycles. The number of hydrogen-bond donors (Lipinski definition) is 0. The molecule has 1 amide bonds. The Morgan fingerprint density at radius 3 is 2.56 bits per heavy atom. The minimum atomic E-state index is -0.0124. The maximum Gasteiger partial charge on any atom is 0.272 e. The molecule has 0 radical (unpaired) electrons. The predicted octanol–water partition coefficient (Wildman–Crippen LogP) is 3.13. The lowest BCUT2D eigenvalue weighted by Crippen LogP contribution is -2.40. The van der Waals surface area contributed by atoms with E-state index in [1.165, 1.54) is 5.56 Å². The van der Waals surface area contributed by atoms with E-state index >= 15 is 0 Å². The van der Waals surface area contributed by atoms with E-state index in [2.05, 4.69) is 41.3 Å². The molecule has 1 aromatic carbocycles. The summed E-state index contributed by atoms with van der Waals surface area (Å²) < 4.78 is 3.62. The van der Waals surface area contributed by atoms with Gasteiger partial charge in [0.25, 0.3) is 5.91 Å². The molecule has 0 saturated heterocycles. The second-order valence-electron chi connectivity index (χ2n) is 7.06. The topological polar surface area (TPSA) is 56.0 Å². The van der Waals surface area contributed by atoms with Gasteiger partial charge < -0.3 is 9.47 Å². The first-order chi connectivity index (χ1) is 13.0. The van der Waals surface area contributed by atoms with Crippen molar-refractivity contribution in [1.29, 1.82) is 0 Å².